The smallest absolute Gasteiger partial charge is 0.365 e. The van der Waals surface area contributed by atoms with Crippen LogP contribution in [0.3, 0.4) is 0 Å². The van der Waals surface area contributed by atoms with Crippen LogP contribution < -0.4 is 5.69 Å². The summed E-state index contributed by atoms with van der Waals surface area (Å²) in [5.74, 6) is 0.297. The summed E-state index contributed by atoms with van der Waals surface area (Å²) in [6.45, 7) is -0.263. The van der Waals surface area contributed by atoms with E-state index in [0.717, 1.165) is 0 Å². The van der Waals surface area contributed by atoms with Gasteiger partial charge in [0.2, 0.25) is 5.82 Å². The fraction of sp³-hybridized carbons (Fsp3) is 0.400. The molecule has 0 saturated heterocycles. The van der Waals surface area contributed by atoms with E-state index in [9.17, 15) is 4.79 Å². The van der Waals surface area contributed by atoms with Crippen LogP contribution in [0.25, 0.3) is 5.82 Å². The van der Waals surface area contributed by atoms with E-state index in [-0.39, 0.29) is 12.3 Å². The zero-order chi connectivity index (χ0) is 9.42. The first-order chi connectivity index (χ1) is 6.24. The molecule has 2 rings (SSSR count). The normalized spacial score (nSPS) is 10.9. The van der Waals surface area contributed by atoms with Crippen molar-refractivity contribution in [1.82, 2.24) is 30.0 Å². The van der Waals surface area contributed by atoms with Gasteiger partial charge in [-0.05, 0) is 0 Å². The van der Waals surface area contributed by atoms with Gasteiger partial charge in [0.1, 0.15) is 5.69 Å². The van der Waals surface area contributed by atoms with E-state index in [0.29, 0.717) is 11.5 Å². The molecular formula is C5H8N6O2. The highest BCUT2D eigenvalue weighted by molar-refractivity contribution is 5.23. The van der Waals surface area contributed by atoms with Crippen molar-refractivity contribution >= 4 is 0 Å². The summed E-state index contributed by atoms with van der Waals surface area (Å²) in [5, 5.41) is 21.2. The van der Waals surface area contributed by atoms with Gasteiger partial charge < -0.3 is 5.11 Å². The number of rotatable bonds is 2. The maximum atomic E-state index is 11.2. The molecule has 3 N–H and O–H groups in total. The predicted octanol–water partition coefficient (Wildman–Crippen LogP) is -1.89. The number of aliphatic hydroxyl groups is 1. The fourth-order valence-corrected chi connectivity index (χ4v) is 1.01. The Kier molecular flexibility index (Phi) is 1.55. The molecule has 2 aromatic rings. The van der Waals surface area contributed by atoms with Gasteiger partial charge in [-0.15, -0.1) is 5.10 Å². The van der Waals surface area contributed by atoms with E-state index >= 15 is 0 Å². The second kappa shape index (κ2) is 2.59. The van der Waals surface area contributed by atoms with Crippen molar-refractivity contribution in [3.05, 3.63) is 16.2 Å². The topological polar surface area (TPSA) is 105 Å². The largest absolute Gasteiger partial charge is 0.390 e. The first-order valence-corrected chi connectivity index (χ1v) is 3.58. The van der Waals surface area contributed by atoms with Crippen LogP contribution in [0.4, 0.5) is 0 Å². The maximum Gasteiger partial charge on any atom is 0.365 e. The number of aliphatic hydroxyl groups excluding tert-OH is 1. The summed E-state index contributed by atoms with van der Waals surface area (Å²) >= 11 is 0. The summed E-state index contributed by atoms with van der Waals surface area (Å²) in [5.41, 5.74) is 0.0811. The van der Waals surface area contributed by atoms with Gasteiger partial charge in [0.25, 0.3) is 0 Å². The molecule has 0 aromatic carbocycles. The van der Waals surface area contributed by atoms with Gasteiger partial charge in [-0.3, -0.25) is 0 Å². The van der Waals surface area contributed by atoms with Crippen LogP contribution >= 0.6 is 0 Å². The van der Waals surface area contributed by atoms with Crippen molar-refractivity contribution in [2.24, 2.45) is 7.05 Å². The van der Waals surface area contributed by atoms with E-state index in [1.165, 1.54) is 9.36 Å². The van der Waals surface area contributed by atoms with Crippen LogP contribution in [-0.2, 0) is 13.7 Å². The van der Waals surface area contributed by atoms with E-state index in [1.807, 2.05) is 0 Å². The molecule has 2 aromatic heterocycles. The van der Waals surface area contributed by atoms with Gasteiger partial charge in [0, 0.05) is 7.05 Å². The van der Waals surface area contributed by atoms with Crippen LogP contribution in [0.5, 0.6) is 0 Å². The maximum absolute atomic E-state index is 11.2. The van der Waals surface area contributed by atoms with E-state index in [1.54, 1.807) is 7.05 Å². The standard InChI is InChI=1S/C5H8N6O2/c1-10-5(13)11(9-10)4-3(2-12)6-8-7-4/h9,12H,2H2,1H3,(H,6,7,8). The van der Waals surface area contributed by atoms with E-state index < -0.39 is 0 Å². The van der Waals surface area contributed by atoms with Crippen LogP contribution in [0.15, 0.2) is 4.79 Å². The average molecular weight is 184 g/mol. The summed E-state index contributed by atoms with van der Waals surface area (Å²) < 4.78 is 2.48. The molecule has 0 amide bonds. The lowest BCUT2D eigenvalue weighted by Gasteiger charge is -2.10. The molecule has 0 atom stereocenters. The molecule has 70 valence electrons. The van der Waals surface area contributed by atoms with Crippen LogP contribution in [0.1, 0.15) is 5.69 Å². The first-order valence-electron chi connectivity index (χ1n) is 3.58. The first kappa shape index (κ1) is 7.80. The number of aryl methyl sites for hydroxylation is 1. The highest BCUT2D eigenvalue weighted by Gasteiger charge is 2.14. The molecule has 2 heterocycles. The lowest BCUT2D eigenvalue weighted by atomic mass is 10.4. The number of nitrogens with one attached hydrogen (secondary N) is 2. The van der Waals surface area contributed by atoms with Crippen molar-refractivity contribution in [3.63, 3.8) is 0 Å². The minimum absolute atomic E-state index is 0.247. The van der Waals surface area contributed by atoms with Crippen molar-refractivity contribution in [1.29, 1.82) is 0 Å². The van der Waals surface area contributed by atoms with Crippen molar-refractivity contribution in [2.75, 3.05) is 0 Å². The Balaban J connectivity index is 2.49. The zero-order valence-corrected chi connectivity index (χ0v) is 6.85. The Morgan fingerprint density at radius 2 is 2.31 bits per heavy atom. The molecule has 0 aliphatic carbocycles. The summed E-state index contributed by atoms with van der Waals surface area (Å²) in [4.78, 5) is 11.2. The molecule has 0 aliphatic heterocycles. The van der Waals surface area contributed by atoms with E-state index in [4.69, 9.17) is 5.11 Å². The number of hydrogen-bond acceptors (Lipinski definition) is 4. The van der Waals surface area contributed by atoms with Crippen LogP contribution in [0, 0.1) is 0 Å². The Hall–Kier alpha value is -1.83. The van der Waals surface area contributed by atoms with Gasteiger partial charge in [0.15, 0.2) is 0 Å². The van der Waals surface area contributed by atoms with Gasteiger partial charge in [-0.25, -0.2) is 14.7 Å². The molecule has 0 aliphatic rings. The van der Waals surface area contributed by atoms with Crippen molar-refractivity contribution < 1.29 is 5.11 Å². The van der Waals surface area contributed by atoms with Gasteiger partial charge in [-0.2, -0.15) is 15.0 Å². The highest BCUT2D eigenvalue weighted by Crippen LogP contribution is 2.03. The molecule has 0 bridgehead atoms. The molecule has 0 radical (unpaired) electrons. The Morgan fingerprint density at radius 3 is 2.85 bits per heavy atom. The SMILES string of the molecule is Cn1[nH]n(-c2n[nH]nc2CO)c1=O. The molecule has 13 heavy (non-hydrogen) atoms. The van der Waals surface area contributed by atoms with Gasteiger partial charge in [0.05, 0.1) is 6.61 Å². The Labute approximate surface area is 71.8 Å². The minimum atomic E-state index is -0.263. The van der Waals surface area contributed by atoms with Crippen molar-refractivity contribution in [2.45, 2.75) is 6.61 Å². The Bertz CT molecular complexity index is 459. The molecule has 0 fully saturated rings. The predicted molar refractivity (Wildman–Crippen MR) is 41.2 cm³/mol. The van der Waals surface area contributed by atoms with Gasteiger partial charge >= 0.3 is 5.69 Å². The number of aromatic amines is 2. The lowest BCUT2D eigenvalue weighted by molar-refractivity contribution is 0.275. The van der Waals surface area contributed by atoms with Gasteiger partial charge in [-0.1, -0.05) is 0 Å². The summed E-state index contributed by atoms with van der Waals surface area (Å²) in [7, 11) is 1.58. The number of aromatic nitrogens is 6. The minimum Gasteiger partial charge on any atom is -0.390 e. The molecule has 8 nitrogen and oxygen atoms in total. The third-order valence-electron chi connectivity index (χ3n) is 1.69. The monoisotopic (exact) mass is 184 g/mol. The second-order valence-electron chi connectivity index (χ2n) is 2.53. The molecule has 0 unspecified atom stereocenters. The van der Waals surface area contributed by atoms with Crippen molar-refractivity contribution in [3.8, 4) is 5.82 Å². The van der Waals surface area contributed by atoms with E-state index in [2.05, 4.69) is 20.6 Å². The molecule has 0 spiro atoms. The second-order valence-corrected chi connectivity index (χ2v) is 2.53. The summed E-state index contributed by atoms with van der Waals surface area (Å²) in [6.07, 6.45) is 0. The molecule has 8 heteroatoms. The highest BCUT2D eigenvalue weighted by atomic mass is 16.3. The van der Waals surface area contributed by atoms with Crippen LogP contribution in [0.2, 0.25) is 0 Å². The Morgan fingerprint density at radius 1 is 1.54 bits per heavy atom. The zero-order valence-electron chi connectivity index (χ0n) is 6.85. The number of hydrogen-bond donors (Lipinski definition) is 3. The number of H-pyrrole nitrogens is 2. The fourth-order valence-electron chi connectivity index (χ4n) is 1.01. The lowest BCUT2D eigenvalue weighted by Crippen LogP contribution is -2.40. The number of nitrogens with zero attached hydrogens (tertiary/aromatic N) is 4. The quantitative estimate of drug-likeness (QED) is 0.507. The van der Waals surface area contributed by atoms with Crippen LogP contribution in [-0.4, -0.2) is 35.1 Å². The average Bonchev–Trinajstić information content (AvgIpc) is 2.60. The molecular weight excluding hydrogens is 176 g/mol. The summed E-state index contributed by atoms with van der Waals surface area (Å²) in [6, 6.07) is 0. The molecule has 0 saturated carbocycles. The third-order valence-corrected chi connectivity index (χ3v) is 1.69. The third kappa shape index (κ3) is 0.991.